The minimum Gasteiger partial charge on any atom is -0.494 e. The summed E-state index contributed by atoms with van der Waals surface area (Å²) >= 11 is 6.29. The molecule has 0 bridgehead atoms. The first kappa shape index (κ1) is 21.1. The lowest BCUT2D eigenvalue weighted by Gasteiger charge is -2.34. The molecular weight excluding hydrogens is 422 g/mol. The molecule has 2 aromatic carbocycles. The molecule has 2 heterocycles. The Labute approximate surface area is 182 Å². The highest BCUT2D eigenvalue weighted by atomic mass is 35.5. The zero-order valence-corrected chi connectivity index (χ0v) is 18.4. The molecule has 0 atom stereocenters. The predicted molar refractivity (Wildman–Crippen MR) is 118 cm³/mol. The molecule has 1 fully saturated rings. The molecule has 1 aliphatic rings. The van der Waals surface area contributed by atoms with Gasteiger partial charge in [0.2, 0.25) is 10.0 Å². The van der Waals surface area contributed by atoms with Gasteiger partial charge in [0.1, 0.15) is 5.75 Å². The van der Waals surface area contributed by atoms with E-state index in [1.54, 1.807) is 34.8 Å². The van der Waals surface area contributed by atoms with Crippen molar-refractivity contribution in [2.24, 2.45) is 0 Å². The fourth-order valence-corrected chi connectivity index (χ4v) is 5.35. The van der Waals surface area contributed by atoms with Gasteiger partial charge in [0.05, 0.1) is 17.0 Å². The van der Waals surface area contributed by atoms with Crippen LogP contribution >= 0.6 is 11.6 Å². The Kier molecular flexibility index (Phi) is 6.24. The second kappa shape index (κ2) is 8.89. The van der Waals surface area contributed by atoms with E-state index >= 15 is 0 Å². The fraction of sp³-hybridized carbons (Fsp3) is 0.318. The fourth-order valence-electron chi connectivity index (χ4n) is 3.72. The molecule has 0 spiro atoms. The number of rotatable bonds is 6. The number of nitrogens with zero attached hydrogens (tertiary/aromatic N) is 3. The van der Waals surface area contributed by atoms with Crippen LogP contribution in [0.3, 0.4) is 0 Å². The molecule has 8 heteroatoms. The van der Waals surface area contributed by atoms with Crippen LogP contribution in [0.1, 0.15) is 12.5 Å². The maximum absolute atomic E-state index is 13.0. The molecule has 0 unspecified atom stereocenters. The third-order valence-corrected chi connectivity index (χ3v) is 7.54. The van der Waals surface area contributed by atoms with Gasteiger partial charge in [0, 0.05) is 49.3 Å². The number of pyridine rings is 1. The molecule has 1 aliphatic heterocycles. The Hall–Kier alpha value is -2.19. The number of hydrogen-bond acceptors (Lipinski definition) is 5. The lowest BCUT2D eigenvalue weighted by molar-refractivity contribution is 0.182. The summed E-state index contributed by atoms with van der Waals surface area (Å²) < 4.78 is 32.9. The summed E-state index contributed by atoms with van der Waals surface area (Å²) in [6.45, 7) is 5.38. The van der Waals surface area contributed by atoms with Gasteiger partial charge < -0.3 is 4.74 Å². The number of sulfonamides is 1. The van der Waals surface area contributed by atoms with E-state index in [-0.39, 0.29) is 0 Å². The van der Waals surface area contributed by atoms with Gasteiger partial charge in [0.25, 0.3) is 0 Å². The Morgan fingerprint density at radius 2 is 1.77 bits per heavy atom. The average molecular weight is 446 g/mol. The highest BCUT2D eigenvalue weighted by Gasteiger charge is 2.28. The maximum atomic E-state index is 13.0. The SMILES string of the molecule is CCOc1ccc(S(=O)(=O)N2CCN(Cc3ccc(Cl)c4cccnc34)CC2)cc1. The lowest BCUT2D eigenvalue weighted by Crippen LogP contribution is -2.48. The van der Waals surface area contributed by atoms with Gasteiger partial charge in [-0.15, -0.1) is 0 Å². The summed E-state index contributed by atoms with van der Waals surface area (Å²) in [5.74, 6) is 0.671. The van der Waals surface area contributed by atoms with Crippen LogP contribution in [0.2, 0.25) is 5.02 Å². The second-order valence-electron chi connectivity index (χ2n) is 7.19. The molecule has 4 rings (SSSR count). The monoisotopic (exact) mass is 445 g/mol. The number of benzene rings is 2. The standard InChI is InChI=1S/C22H24ClN3O3S/c1-2-29-18-6-8-19(9-7-18)30(27,28)26-14-12-25(13-15-26)16-17-5-10-21(23)20-4-3-11-24-22(17)20/h3-11H,2,12-16H2,1H3. The van der Waals surface area contributed by atoms with Crippen molar-refractivity contribution in [2.45, 2.75) is 18.4 Å². The van der Waals surface area contributed by atoms with Crippen molar-refractivity contribution < 1.29 is 13.2 Å². The summed E-state index contributed by atoms with van der Waals surface area (Å²) in [5, 5.41) is 1.63. The van der Waals surface area contributed by atoms with Gasteiger partial charge in [-0.1, -0.05) is 17.7 Å². The average Bonchev–Trinajstić information content (AvgIpc) is 2.77. The van der Waals surface area contributed by atoms with E-state index in [0.717, 1.165) is 16.5 Å². The molecule has 1 saturated heterocycles. The topological polar surface area (TPSA) is 62.7 Å². The smallest absolute Gasteiger partial charge is 0.243 e. The van der Waals surface area contributed by atoms with Crippen molar-refractivity contribution in [1.82, 2.24) is 14.2 Å². The molecule has 1 aromatic heterocycles. The third-order valence-electron chi connectivity index (χ3n) is 5.30. The Morgan fingerprint density at radius 1 is 1.03 bits per heavy atom. The number of aromatic nitrogens is 1. The van der Waals surface area contributed by atoms with Crippen LogP contribution in [-0.2, 0) is 16.6 Å². The minimum absolute atomic E-state index is 0.298. The van der Waals surface area contributed by atoms with Crippen LogP contribution in [0.5, 0.6) is 5.75 Å². The van der Waals surface area contributed by atoms with Crippen LogP contribution in [0.15, 0.2) is 59.6 Å². The van der Waals surface area contributed by atoms with E-state index in [9.17, 15) is 8.42 Å². The summed E-state index contributed by atoms with van der Waals surface area (Å²) in [7, 11) is -3.51. The van der Waals surface area contributed by atoms with Crippen LogP contribution in [-0.4, -0.2) is 55.4 Å². The molecular formula is C22H24ClN3O3S. The van der Waals surface area contributed by atoms with Crippen LogP contribution in [0.4, 0.5) is 0 Å². The first-order valence-corrected chi connectivity index (χ1v) is 11.8. The normalized spacial score (nSPS) is 16.1. The zero-order chi connectivity index (χ0) is 21.1. The van der Waals surface area contributed by atoms with Gasteiger partial charge in [-0.2, -0.15) is 4.31 Å². The summed E-state index contributed by atoms with van der Waals surface area (Å²) in [4.78, 5) is 7.04. The molecule has 0 amide bonds. The van der Waals surface area contributed by atoms with Gasteiger partial charge >= 0.3 is 0 Å². The Bertz CT molecular complexity index is 1130. The zero-order valence-electron chi connectivity index (χ0n) is 16.8. The van der Waals surface area contributed by atoms with Crippen molar-refractivity contribution in [3.63, 3.8) is 0 Å². The second-order valence-corrected chi connectivity index (χ2v) is 9.54. The molecule has 0 radical (unpaired) electrons. The summed E-state index contributed by atoms with van der Waals surface area (Å²) in [5.41, 5.74) is 1.99. The molecule has 3 aromatic rings. The first-order valence-electron chi connectivity index (χ1n) is 9.96. The highest BCUT2D eigenvalue weighted by molar-refractivity contribution is 7.89. The van der Waals surface area contributed by atoms with Crippen molar-refractivity contribution in [3.05, 3.63) is 65.3 Å². The molecule has 158 valence electrons. The minimum atomic E-state index is -3.51. The first-order chi connectivity index (χ1) is 14.5. The highest BCUT2D eigenvalue weighted by Crippen LogP contribution is 2.26. The van der Waals surface area contributed by atoms with Crippen molar-refractivity contribution in [2.75, 3.05) is 32.8 Å². The van der Waals surface area contributed by atoms with Crippen LogP contribution in [0.25, 0.3) is 10.9 Å². The number of fused-ring (bicyclic) bond motifs is 1. The number of ether oxygens (including phenoxy) is 1. The van der Waals surface area contributed by atoms with E-state index < -0.39 is 10.0 Å². The number of hydrogen-bond donors (Lipinski definition) is 0. The van der Waals surface area contributed by atoms with Crippen LogP contribution in [0, 0.1) is 0 Å². The maximum Gasteiger partial charge on any atom is 0.243 e. The van der Waals surface area contributed by atoms with Gasteiger partial charge in [0.15, 0.2) is 0 Å². The summed E-state index contributed by atoms with van der Waals surface area (Å²) in [6, 6.07) is 14.4. The quantitative estimate of drug-likeness (QED) is 0.577. The predicted octanol–water partition coefficient (Wildman–Crippen LogP) is 3.79. The van der Waals surface area contributed by atoms with Crippen LogP contribution < -0.4 is 4.74 Å². The lowest BCUT2D eigenvalue weighted by atomic mass is 10.1. The molecule has 0 saturated carbocycles. The molecule has 0 aliphatic carbocycles. The van der Waals surface area contributed by atoms with Gasteiger partial charge in [-0.3, -0.25) is 9.88 Å². The van der Waals surface area contributed by atoms with Crippen molar-refractivity contribution in [1.29, 1.82) is 0 Å². The van der Waals surface area contributed by atoms with E-state index in [2.05, 4.69) is 9.88 Å². The molecule has 0 N–H and O–H groups in total. The van der Waals surface area contributed by atoms with E-state index in [0.29, 0.717) is 55.0 Å². The largest absolute Gasteiger partial charge is 0.494 e. The Morgan fingerprint density at radius 3 is 2.47 bits per heavy atom. The third kappa shape index (κ3) is 4.30. The van der Waals surface area contributed by atoms with E-state index in [1.165, 1.54) is 0 Å². The Balaban J connectivity index is 1.43. The molecule has 6 nitrogen and oxygen atoms in total. The summed E-state index contributed by atoms with van der Waals surface area (Å²) in [6.07, 6.45) is 1.77. The molecule has 30 heavy (non-hydrogen) atoms. The van der Waals surface area contributed by atoms with E-state index in [1.807, 2.05) is 31.2 Å². The van der Waals surface area contributed by atoms with Gasteiger partial charge in [-0.05, 0) is 55.0 Å². The van der Waals surface area contributed by atoms with Crippen molar-refractivity contribution in [3.8, 4) is 5.75 Å². The number of piperazine rings is 1. The number of halogens is 1. The van der Waals surface area contributed by atoms with Crippen molar-refractivity contribution >= 4 is 32.5 Å². The van der Waals surface area contributed by atoms with Gasteiger partial charge in [-0.25, -0.2) is 8.42 Å². The van der Waals surface area contributed by atoms with E-state index in [4.69, 9.17) is 16.3 Å².